The van der Waals surface area contributed by atoms with E-state index in [-0.39, 0.29) is 6.54 Å². The minimum Gasteiger partial charge on any atom is -0.309 e. The van der Waals surface area contributed by atoms with Gasteiger partial charge in [0.25, 0.3) is 0 Å². The number of sulfonamides is 1. The van der Waals surface area contributed by atoms with Gasteiger partial charge in [-0.1, -0.05) is 5.92 Å². The first-order chi connectivity index (χ1) is 10.1. The van der Waals surface area contributed by atoms with Crippen molar-refractivity contribution in [1.82, 2.24) is 9.62 Å². The van der Waals surface area contributed by atoms with Crippen molar-refractivity contribution >= 4 is 21.4 Å². The molecule has 0 atom stereocenters. The van der Waals surface area contributed by atoms with Crippen LogP contribution in [0.3, 0.4) is 0 Å². The molecule has 1 N–H and O–H groups in total. The molecule has 0 aliphatic heterocycles. The number of terminal acetylenes is 1. The molecule has 2 aliphatic carbocycles. The van der Waals surface area contributed by atoms with Gasteiger partial charge in [0.1, 0.15) is 0 Å². The fraction of sp³-hybridized carbons (Fsp3) is 0.600. The van der Waals surface area contributed by atoms with E-state index in [1.54, 1.807) is 6.07 Å². The number of hydrogen-bond acceptors (Lipinski definition) is 4. The smallest absolute Gasteiger partial charge is 0.245 e. The molecule has 21 heavy (non-hydrogen) atoms. The van der Waals surface area contributed by atoms with E-state index in [1.807, 2.05) is 5.38 Å². The molecule has 3 rings (SSSR count). The lowest BCUT2D eigenvalue weighted by Gasteiger charge is -2.20. The number of nitrogens with zero attached hydrogens (tertiary/aromatic N) is 1. The van der Waals surface area contributed by atoms with E-state index in [2.05, 4.69) is 11.2 Å². The van der Waals surface area contributed by atoms with E-state index < -0.39 is 10.0 Å². The Morgan fingerprint density at radius 3 is 2.76 bits per heavy atom. The predicted octanol–water partition coefficient (Wildman–Crippen LogP) is 2.03. The first kappa shape index (κ1) is 15.0. The molecule has 0 spiro atoms. The summed E-state index contributed by atoms with van der Waals surface area (Å²) < 4.78 is 27.1. The summed E-state index contributed by atoms with van der Waals surface area (Å²) in [6.07, 6.45) is 9.96. The Hall–Kier alpha value is -0.870. The van der Waals surface area contributed by atoms with Crippen molar-refractivity contribution in [3.63, 3.8) is 0 Å². The molecule has 0 saturated heterocycles. The van der Waals surface area contributed by atoms with Gasteiger partial charge in [-0.25, -0.2) is 8.42 Å². The highest BCUT2D eigenvalue weighted by Crippen LogP contribution is 2.33. The van der Waals surface area contributed by atoms with Gasteiger partial charge in [0.2, 0.25) is 10.0 Å². The molecule has 114 valence electrons. The fourth-order valence-corrected chi connectivity index (χ4v) is 5.08. The van der Waals surface area contributed by atoms with Crippen LogP contribution >= 0.6 is 11.3 Å². The normalized spacial score (nSPS) is 18.9. The van der Waals surface area contributed by atoms with Gasteiger partial charge in [-0.2, -0.15) is 4.31 Å². The molecule has 2 saturated carbocycles. The summed E-state index contributed by atoms with van der Waals surface area (Å²) in [6.45, 7) is 1.34. The highest BCUT2D eigenvalue weighted by Gasteiger charge is 2.33. The summed E-state index contributed by atoms with van der Waals surface area (Å²) in [5.41, 5.74) is 0. The van der Waals surface area contributed by atoms with E-state index in [9.17, 15) is 8.42 Å². The largest absolute Gasteiger partial charge is 0.309 e. The van der Waals surface area contributed by atoms with Crippen LogP contribution in [0.4, 0.5) is 0 Å². The number of rotatable bonds is 8. The second-order valence-corrected chi connectivity index (χ2v) is 8.72. The maximum Gasteiger partial charge on any atom is 0.245 e. The topological polar surface area (TPSA) is 49.4 Å². The van der Waals surface area contributed by atoms with Crippen LogP contribution in [0.2, 0.25) is 0 Å². The van der Waals surface area contributed by atoms with Crippen LogP contribution in [0.15, 0.2) is 16.3 Å². The van der Waals surface area contributed by atoms with E-state index in [0.29, 0.717) is 29.9 Å². The molecule has 0 radical (unpaired) electrons. The molecular weight excluding hydrogens is 304 g/mol. The minimum absolute atomic E-state index is 0.157. The zero-order valence-corrected chi connectivity index (χ0v) is 13.5. The standard InChI is InChI=1S/C15H20N2O2S2/c1-2-8-17(11-12-3-4-12)21(18,19)15-7-9-20-14(15)10-16-13-5-6-13/h1,7,9,12-13,16H,3-6,8,10-11H2. The molecule has 0 amide bonds. The maximum absolute atomic E-state index is 12.8. The Balaban J connectivity index is 1.78. The quantitative estimate of drug-likeness (QED) is 0.745. The summed E-state index contributed by atoms with van der Waals surface area (Å²) in [7, 11) is -3.47. The molecular formula is C15H20N2O2S2. The van der Waals surface area contributed by atoms with Crippen molar-refractivity contribution in [1.29, 1.82) is 0 Å². The lowest BCUT2D eigenvalue weighted by atomic mass is 10.4. The zero-order chi connectivity index (χ0) is 14.9. The van der Waals surface area contributed by atoms with Crippen LogP contribution in [-0.2, 0) is 16.6 Å². The Morgan fingerprint density at radius 2 is 2.14 bits per heavy atom. The number of thiophene rings is 1. The third kappa shape index (κ3) is 3.67. The van der Waals surface area contributed by atoms with Crippen molar-refractivity contribution in [3.8, 4) is 12.3 Å². The predicted molar refractivity (Wildman–Crippen MR) is 84.5 cm³/mol. The summed E-state index contributed by atoms with van der Waals surface area (Å²) in [4.78, 5) is 1.32. The highest BCUT2D eigenvalue weighted by atomic mass is 32.2. The Morgan fingerprint density at radius 1 is 1.38 bits per heavy atom. The fourth-order valence-electron chi connectivity index (χ4n) is 2.29. The third-order valence-corrected chi connectivity index (χ3v) is 6.82. The molecule has 4 nitrogen and oxygen atoms in total. The van der Waals surface area contributed by atoms with Gasteiger partial charge < -0.3 is 5.32 Å². The van der Waals surface area contributed by atoms with Crippen LogP contribution < -0.4 is 5.32 Å². The van der Waals surface area contributed by atoms with Crippen molar-refractivity contribution in [2.24, 2.45) is 5.92 Å². The first-order valence-corrected chi connectivity index (χ1v) is 9.66. The number of nitrogens with one attached hydrogen (secondary N) is 1. The van der Waals surface area contributed by atoms with Crippen LogP contribution in [0.5, 0.6) is 0 Å². The van der Waals surface area contributed by atoms with Gasteiger partial charge in [0.15, 0.2) is 0 Å². The van der Waals surface area contributed by atoms with E-state index >= 15 is 0 Å². The summed E-state index contributed by atoms with van der Waals surface area (Å²) in [5, 5.41) is 5.23. The highest BCUT2D eigenvalue weighted by molar-refractivity contribution is 7.89. The van der Waals surface area contributed by atoms with Gasteiger partial charge in [0.05, 0.1) is 11.4 Å². The van der Waals surface area contributed by atoms with Crippen LogP contribution in [-0.4, -0.2) is 31.9 Å². The first-order valence-electron chi connectivity index (χ1n) is 7.34. The average molecular weight is 324 g/mol. The van der Waals surface area contributed by atoms with Gasteiger partial charge >= 0.3 is 0 Å². The Kier molecular flexibility index (Phi) is 4.36. The monoisotopic (exact) mass is 324 g/mol. The van der Waals surface area contributed by atoms with Crippen molar-refractivity contribution in [2.45, 2.75) is 43.2 Å². The molecule has 2 fully saturated rings. The summed E-state index contributed by atoms with van der Waals surface area (Å²) in [6, 6.07) is 2.27. The van der Waals surface area contributed by atoms with Gasteiger partial charge in [-0.15, -0.1) is 17.8 Å². The maximum atomic E-state index is 12.8. The van der Waals surface area contributed by atoms with Gasteiger partial charge in [-0.05, 0) is 43.0 Å². The molecule has 1 heterocycles. The third-order valence-electron chi connectivity index (χ3n) is 3.88. The van der Waals surface area contributed by atoms with Crippen molar-refractivity contribution < 1.29 is 8.42 Å². The second kappa shape index (κ2) is 6.09. The Labute approximate surface area is 130 Å². The lowest BCUT2D eigenvalue weighted by molar-refractivity contribution is 0.429. The van der Waals surface area contributed by atoms with Crippen molar-refractivity contribution in [2.75, 3.05) is 13.1 Å². The van der Waals surface area contributed by atoms with Crippen LogP contribution in [0.1, 0.15) is 30.6 Å². The second-order valence-electron chi connectivity index (χ2n) is 5.81. The minimum atomic E-state index is -3.47. The van der Waals surface area contributed by atoms with Gasteiger partial charge in [0, 0.05) is 24.0 Å². The molecule has 0 bridgehead atoms. The molecule has 2 aliphatic rings. The van der Waals surface area contributed by atoms with E-state index in [4.69, 9.17) is 6.42 Å². The van der Waals surface area contributed by atoms with Crippen LogP contribution in [0.25, 0.3) is 0 Å². The summed E-state index contributed by atoms with van der Waals surface area (Å²) >= 11 is 1.50. The zero-order valence-electron chi connectivity index (χ0n) is 11.9. The molecule has 0 aromatic carbocycles. The number of hydrogen-bond donors (Lipinski definition) is 1. The molecule has 1 aromatic rings. The molecule has 6 heteroatoms. The van der Waals surface area contributed by atoms with E-state index in [1.165, 1.54) is 28.5 Å². The molecule has 0 unspecified atom stereocenters. The van der Waals surface area contributed by atoms with Crippen LogP contribution in [0, 0.1) is 18.3 Å². The van der Waals surface area contributed by atoms with Crippen molar-refractivity contribution in [3.05, 3.63) is 16.3 Å². The average Bonchev–Trinajstić information content (AvgIpc) is 3.37. The summed E-state index contributed by atoms with van der Waals surface area (Å²) in [5.74, 6) is 2.97. The van der Waals surface area contributed by atoms with Gasteiger partial charge in [-0.3, -0.25) is 0 Å². The lowest BCUT2D eigenvalue weighted by Crippen LogP contribution is -2.34. The van der Waals surface area contributed by atoms with E-state index in [0.717, 1.165) is 17.7 Å². The molecule has 1 aromatic heterocycles. The Bertz CT molecular complexity index is 637. The SMILES string of the molecule is C#CCN(CC1CC1)S(=O)(=O)c1ccsc1CNC1CC1.